The molecule has 0 spiro atoms. The molecule has 1 heterocycles. The minimum absolute atomic E-state index is 0.228. The van der Waals surface area contributed by atoms with Gasteiger partial charge in [0.05, 0.1) is 11.8 Å². The predicted molar refractivity (Wildman–Crippen MR) is 76.1 cm³/mol. The van der Waals surface area contributed by atoms with E-state index in [2.05, 4.69) is 4.98 Å². The summed E-state index contributed by atoms with van der Waals surface area (Å²) in [5.74, 6) is -0.482. The van der Waals surface area contributed by atoms with Crippen molar-refractivity contribution in [3.05, 3.63) is 65.7 Å². The van der Waals surface area contributed by atoms with E-state index in [0.29, 0.717) is 19.0 Å². The van der Waals surface area contributed by atoms with E-state index < -0.39 is 5.82 Å². The Labute approximate surface area is 122 Å². The van der Waals surface area contributed by atoms with Crippen molar-refractivity contribution >= 4 is 17.5 Å². The first-order valence-electron chi connectivity index (χ1n) is 6.20. The first-order valence-corrected chi connectivity index (χ1v) is 6.74. The second kappa shape index (κ2) is 7.01. The SMILES string of the molecule is O=C(c1cncc(F)c1)N(CCCl)Cc1ccccc1. The molecule has 0 unspecified atom stereocenters. The van der Waals surface area contributed by atoms with Crippen molar-refractivity contribution in [3.8, 4) is 0 Å². The molecule has 104 valence electrons. The van der Waals surface area contributed by atoms with Gasteiger partial charge in [-0.1, -0.05) is 30.3 Å². The maximum Gasteiger partial charge on any atom is 0.255 e. The molecule has 20 heavy (non-hydrogen) atoms. The monoisotopic (exact) mass is 292 g/mol. The zero-order valence-corrected chi connectivity index (χ0v) is 11.6. The predicted octanol–water partition coefficient (Wildman–Crippen LogP) is 3.10. The first kappa shape index (κ1) is 14.5. The number of carbonyl (C=O) groups is 1. The number of alkyl halides is 1. The number of benzene rings is 1. The highest BCUT2D eigenvalue weighted by Gasteiger charge is 2.16. The molecule has 1 aromatic heterocycles. The quantitative estimate of drug-likeness (QED) is 0.794. The van der Waals surface area contributed by atoms with E-state index in [1.165, 1.54) is 12.3 Å². The van der Waals surface area contributed by atoms with Crippen molar-refractivity contribution in [1.82, 2.24) is 9.88 Å². The molecule has 0 saturated heterocycles. The van der Waals surface area contributed by atoms with Crippen LogP contribution in [0.5, 0.6) is 0 Å². The summed E-state index contributed by atoms with van der Waals surface area (Å²) in [6, 6.07) is 10.8. The van der Waals surface area contributed by atoms with E-state index in [9.17, 15) is 9.18 Å². The zero-order chi connectivity index (χ0) is 14.4. The van der Waals surface area contributed by atoms with Crippen LogP contribution in [0.3, 0.4) is 0 Å². The molecule has 2 aromatic rings. The molecule has 0 aliphatic rings. The highest BCUT2D eigenvalue weighted by molar-refractivity contribution is 6.18. The summed E-state index contributed by atoms with van der Waals surface area (Å²) in [6.45, 7) is 0.828. The number of pyridine rings is 1. The van der Waals surface area contributed by atoms with Gasteiger partial charge in [0.1, 0.15) is 5.82 Å². The van der Waals surface area contributed by atoms with Gasteiger partial charge >= 0.3 is 0 Å². The fourth-order valence-corrected chi connectivity index (χ4v) is 2.07. The lowest BCUT2D eigenvalue weighted by molar-refractivity contribution is 0.0753. The van der Waals surface area contributed by atoms with Gasteiger partial charge in [0.25, 0.3) is 5.91 Å². The van der Waals surface area contributed by atoms with Gasteiger partial charge in [0, 0.05) is 25.2 Å². The number of aromatic nitrogens is 1. The van der Waals surface area contributed by atoms with Crippen LogP contribution in [0.2, 0.25) is 0 Å². The molecule has 0 aliphatic heterocycles. The van der Waals surface area contributed by atoms with Crippen LogP contribution in [-0.4, -0.2) is 28.2 Å². The van der Waals surface area contributed by atoms with Crippen LogP contribution in [0, 0.1) is 5.82 Å². The fraction of sp³-hybridized carbons (Fsp3) is 0.200. The largest absolute Gasteiger partial charge is 0.333 e. The van der Waals surface area contributed by atoms with Crippen LogP contribution in [0.4, 0.5) is 4.39 Å². The summed E-state index contributed by atoms with van der Waals surface area (Å²) >= 11 is 5.74. The van der Waals surface area contributed by atoms with Crippen LogP contribution in [-0.2, 0) is 6.54 Å². The lowest BCUT2D eigenvalue weighted by atomic mass is 10.2. The van der Waals surface area contributed by atoms with Gasteiger partial charge in [-0.15, -0.1) is 11.6 Å². The van der Waals surface area contributed by atoms with E-state index >= 15 is 0 Å². The Morgan fingerprint density at radius 2 is 2.00 bits per heavy atom. The highest BCUT2D eigenvalue weighted by Crippen LogP contribution is 2.10. The van der Waals surface area contributed by atoms with Gasteiger partial charge in [-0.3, -0.25) is 9.78 Å². The molecule has 1 amide bonds. The number of halogens is 2. The van der Waals surface area contributed by atoms with Crippen LogP contribution in [0.25, 0.3) is 0 Å². The van der Waals surface area contributed by atoms with Gasteiger partial charge < -0.3 is 4.90 Å². The molecule has 2 rings (SSSR count). The Bertz CT molecular complexity index is 577. The van der Waals surface area contributed by atoms with Crippen molar-refractivity contribution in [1.29, 1.82) is 0 Å². The van der Waals surface area contributed by atoms with Crippen LogP contribution in [0.1, 0.15) is 15.9 Å². The summed E-state index contributed by atoms with van der Waals surface area (Å²) in [6.07, 6.45) is 2.43. The standard InChI is InChI=1S/C15H14ClFN2O/c16-6-7-19(11-12-4-2-1-3-5-12)15(20)13-8-14(17)10-18-9-13/h1-5,8-10H,6-7,11H2. The van der Waals surface area contributed by atoms with Crippen molar-refractivity contribution in [2.24, 2.45) is 0 Å². The smallest absolute Gasteiger partial charge is 0.255 e. The molecule has 0 fully saturated rings. The molecule has 1 aromatic carbocycles. The highest BCUT2D eigenvalue weighted by atomic mass is 35.5. The van der Waals surface area contributed by atoms with E-state index in [-0.39, 0.29) is 11.5 Å². The molecular formula is C15H14ClFN2O. The summed E-state index contributed by atoms with van der Waals surface area (Å²) < 4.78 is 13.1. The van der Waals surface area contributed by atoms with Crippen molar-refractivity contribution in [2.45, 2.75) is 6.54 Å². The molecule has 3 nitrogen and oxygen atoms in total. The average molecular weight is 293 g/mol. The van der Waals surface area contributed by atoms with Gasteiger partial charge in [-0.2, -0.15) is 0 Å². The Hall–Kier alpha value is -1.94. The van der Waals surface area contributed by atoms with E-state index in [0.717, 1.165) is 11.8 Å². The molecule has 0 saturated carbocycles. The third-order valence-electron chi connectivity index (χ3n) is 2.81. The lowest BCUT2D eigenvalue weighted by Gasteiger charge is -2.21. The summed E-state index contributed by atoms with van der Waals surface area (Å²) in [5, 5.41) is 0. The number of hydrogen-bond donors (Lipinski definition) is 0. The molecule has 5 heteroatoms. The second-order valence-electron chi connectivity index (χ2n) is 4.29. The Morgan fingerprint density at radius 1 is 1.25 bits per heavy atom. The third-order valence-corrected chi connectivity index (χ3v) is 2.98. The molecule has 0 bridgehead atoms. The zero-order valence-electron chi connectivity index (χ0n) is 10.8. The van der Waals surface area contributed by atoms with E-state index in [4.69, 9.17) is 11.6 Å². The van der Waals surface area contributed by atoms with Gasteiger partial charge in [-0.25, -0.2) is 4.39 Å². The maximum absolute atomic E-state index is 13.1. The van der Waals surface area contributed by atoms with Gasteiger partial charge in [0.2, 0.25) is 0 Å². The topological polar surface area (TPSA) is 33.2 Å². The summed E-state index contributed by atoms with van der Waals surface area (Å²) in [7, 11) is 0. The molecular weight excluding hydrogens is 279 g/mol. The lowest BCUT2D eigenvalue weighted by Crippen LogP contribution is -2.32. The Morgan fingerprint density at radius 3 is 2.65 bits per heavy atom. The van der Waals surface area contributed by atoms with Crippen LogP contribution < -0.4 is 0 Å². The number of amides is 1. The Kier molecular flexibility index (Phi) is 5.07. The fourth-order valence-electron chi connectivity index (χ4n) is 1.87. The molecule has 0 atom stereocenters. The molecule has 0 radical (unpaired) electrons. The van der Waals surface area contributed by atoms with Crippen molar-refractivity contribution in [3.63, 3.8) is 0 Å². The first-order chi connectivity index (χ1) is 9.70. The van der Waals surface area contributed by atoms with Gasteiger partial charge in [0.15, 0.2) is 0 Å². The number of nitrogens with zero attached hydrogens (tertiary/aromatic N) is 2. The third kappa shape index (κ3) is 3.78. The van der Waals surface area contributed by atoms with Crippen LogP contribution >= 0.6 is 11.6 Å². The summed E-state index contributed by atoms with van der Waals surface area (Å²) in [5.41, 5.74) is 1.22. The normalized spacial score (nSPS) is 10.3. The number of rotatable bonds is 5. The van der Waals surface area contributed by atoms with Crippen molar-refractivity contribution in [2.75, 3.05) is 12.4 Å². The average Bonchev–Trinajstić information content (AvgIpc) is 2.47. The van der Waals surface area contributed by atoms with Crippen molar-refractivity contribution < 1.29 is 9.18 Å². The minimum Gasteiger partial charge on any atom is -0.333 e. The number of hydrogen-bond acceptors (Lipinski definition) is 2. The minimum atomic E-state index is -0.526. The maximum atomic E-state index is 13.1. The van der Waals surface area contributed by atoms with Crippen LogP contribution in [0.15, 0.2) is 48.8 Å². The molecule has 0 aliphatic carbocycles. The Balaban J connectivity index is 2.18. The second-order valence-corrected chi connectivity index (χ2v) is 4.67. The molecule has 0 N–H and O–H groups in total. The number of carbonyl (C=O) groups excluding carboxylic acids is 1. The van der Waals surface area contributed by atoms with Gasteiger partial charge in [-0.05, 0) is 11.6 Å². The van der Waals surface area contributed by atoms with E-state index in [1.807, 2.05) is 30.3 Å². The summed E-state index contributed by atoms with van der Waals surface area (Å²) in [4.78, 5) is 17.6. The van der Waals surface area contributed by atoms with E-state index in [1.54, 1.807) is 4.90 Å².